The van der Waals surface area contributed by atoms with Crippen molar-refractivity contribution in [3.05, 3.63) is 88.3 Å². The maximum absolute atomic E-state index is 13.2. The molecule has 1 heterocycles. The van der Waals surface area contributed by atoms with Crippen molar-refractivity contribution >= 4 is 27.5 Å². The Hall–Kier alpha value is -2.61. The minimum atomic E-state index is -3.94. The average Bonchev–Trinajstić information content (AvgIpc) is 3.26. The van der Waals surface area contributed by atoms with E-state index in [2.05, 4.69) is 4.72 Å². The number of furan rings is 1. The summed E-state index contributed by atoms with van der Waals surface area (Å²) in [4.78, 5) is 14.2. The number of hydrogen-bond donors (Lipinski definition) is 1. The van der Waals surface area contributed by atoms with Crippen LogP contribution < -0.4 is 4.72 Å². The van der Waals surface area contributed by atoms with Crippen molar-refractivity contribution in [2.75, 3.05) is 7.05 Å². The Morgan fingerprint density at radius 1 is 1.19 bits per heavy atom. The molecule has 1 amide bonds. The van der Waals surface area contributed by atoms with E-state index in [1.807, 2.05) is 24.3 Å². The molecule has 0 saturated carbocycles. The van der Waals surface area contributed by atoms with E-state index >= 15 is 0 Å². The van der Waals surface area contributed by atoms with Crippen LogP contribution in [-0.4, -0.2) is 26.3 Å². The van der Waals surface area contributed by atoms with E-state index in [4.69, 9.17) is 16.0 Å². The summed E-state index contributed by atoms with van der Waals surface area (Å²) >= 11 is 6.24. The molecule has 3 aromatic rings. The molecule has 1 atom stereocenters. The molecule has 1 aliphatic carbocycles. The third kappa shape index (κ3) is 4.69. The zero-order valence-corrected chi connectivity index (χ0v) is 18.6. The summed E-state index contributed by atoms with van der Waals surface area (Å²) in [6.07, 6.45) is 4.07. The number of nitrogens with one attached hydrogen (secondary N) is 1. The summed E-state index contributed by atoms with van der Waals surface area (Å²) < 4.78 is 34.5. The average molecular weight is 459 g/mol. The topological polar surface area (TPSA) is 79.6 Å². The SMILES string of the molecule is CN(Cc1ccco1)C(=O)c1ccc(Cl)c(S(=O)(=O)N[C@H]2CCCc3ccccc32)c1. The smallest absolute Gasteiger partial charge is 0.254 e. The minimum absolute atomic E-state index is 0.0711. The van der Waals surface area contributed by atoms with Gasteiger partial charge in [-0.15, -0.1) is 0 Å². The molecule has 1 N–H and O–H groups in total. The number of sulfonamides is 1. The molecule has 0 bridgehead atoms. The van der Waals surface area contributed by atoms with Gasteiger partial charge in [0.2, 0.25) is 10.0 Å². The molecule has 0 unspecified atom stereocenters. The normalized spacial score (nSPS) is 16.0. The van der Waals surface area contributed by atoms with Crippen LogP contribution in [0, 0.1) is 0 Å². The quantitative estimate of drug-likeness (QED) is 0.587. The van der Waals surface area contributed by atoms with Crippen LogP contribution in [0.1, 0.15) is 46.1 Å². The zero-order chi connectivity index (χ0) is 22.0. The number of rotatable bonds is 6. The second-order valence-corrected chi connectivity index (χ2v) is 9.74. The lowest BCUT2D eigenvalue weighted by atomic mass is 9.88. The number of carbonyl (C=O) groups excluding carboxylic acids is 1. The molecule has 0 spiro atoms. The van der Waals surface area contributed by atoms with Gasteiger partial charge >= 0.3 is 0 Å². The first-order chi connectivity index (χ1) is 14.8. The van der Waals surface area contributed by atoms with Crippen LogP contribution in [-0.2, 0) is 23.0 Å². The Kier molecular flexibility index (Phi) is 6.18. The van der Waals surface area contributed by atoms with Gasteiger partial charge in [-0.3, -0.25) is 4.79 Å². The van der Waals surface area contributed by atoms with E-state index in [0.717, 1.165) is 24.0 Å². The predicted molar refractivity (Wildman–Crippen MR) is 118 cm³/mol. The molecular formula is C23H23ClN2O4S. The lowest BCUT2D eigenvalue weighted by Gasteiger charge is -2.26. The minimum Gasteiger partial charge on any atom is -0.467 e. The summed E-state index contributed by atoms with van der Waals surface area (Å²) in [6.45, 7) is 0.271. The van der Waals surface area contributed by atoms with E-state index in [0.29, 0.717) is 12.2 Å². The fourth-order valence-corrected chi connectivity index (χ4v) is 5.67. The third-order valence-electron chi connectivity index (χ3n) is 5.45. The maximum atomic E-state index is 13.2. The molecule has 8 heteroatoms. The monoisotopic (exact) mass is 458 g/mol. The van der Waals surface area contributed by atoms with Crippen LogP contribution >= 0.6 is 11.6 Å². The van der Waals surface area contributed by atoms with Gasteiger partial charge in [0.25, 0.3) is 5.91 Å². The van der Waals surface area contributed by atoms with Gasteiger partial charge in [0.1, 0.15) is 10.7 Å². The van der Waals surface area contributed by atoms with Gasteiger partial charge in [-0.25, -0.2) is 13.1 Å². The van der Waals surface area contributed by atoms with Gasteiger partial charge in [-0.05, 0) is 60.7 Å². The van der Waals surface area contributed by atoms with Gasteiger partial charge in [0.15, 0.2) is 0 Å². The standard InChI is InChI=1S/C23H23ClN2O4S/c1-26(15-18-8-5-13-30-18)23(27)17-11-12-20(24)22(14-17)31(28,29)25-21-10-4-7-16-6-2-3-9-19(16)21/h2-3,5-6,8-9,11-14,21,25H,4,7,10,15H2,1H3/t21-/m0/s1. The van der Waals surface area contributed by atoms with Crippen molar-refractivity contribution < 1.29 is 17.6 Å². The summed E-state index contributed by atoms with van der Waals surface area (Å²) in [5, 5.41) is 0.0711. The molecule has 31 heavy (non-hydrogen) atoms. The molecule has 0 aliphatic heterocycles. The van der Waals surface area contributed by atoms with Crippen molar-refractivity contribution in [1.82, 2.24) is 9.62 Å². The number of aryl methyl sites for hydroxylation is 1. The van der Waals surface area contributed by atoms with Gasteiger partial charge in [0.05, 0.1) is 17.8 Å². The number of nitrogens with zero attached hydrogens (tertiary/aromatic N) is 1. The number of hydrogen-bond acceptors (Lipinski definition) is 4. The van der Waals surface area contributed by atoms with Crippen molar-refractivity contribution in [2.24, 2.45) is 0 Å². The fraction of sp³-hybridized carbons (Fsp3) is 0.261. The van der Waals surface area contributed by atoms with Crippen molar-refractivity contribution in [2.45, 2.75) is 36.7 Å². The Bertz CT molecular complexity index is 1190. The number of amides is 1. The van der Waals surface area contributed by atoms with E-state index in [1.54, 1.807) is 19.2 Å². The largest absolute Gasteiger partial charge is 0.467 e. The molecule has 1 aliphatic rings. The van der Waals surface area contributed by atoms with Crippen LogP contribution in [0.3, 0.4) is 0 Å². The van der Waals surface area contributed by atoms with Gasteiger partial charge in [-0.1, -0.05) is 35.9 Å². The summed E-state index contributed by atoms with van der Waals surface area (Å²) in [7, 11) is -2.31. The van der Waals surface area contributed by atoms with Crippen molar-refractivity contribution in [3.8, 4) is 0 Å². The molecule has 0 fully saturated rings. The van der Waals surface area contributed by atoms with Crippen LogP contribution in [0.25, 0.3) is 0 Å². The molecule has 1 aromatic heterocycles. The van der Waals surface area contributed by atoms with Crippen LogP contribution in [0.5, 0.6) is 0 Å². The first kappa shape index (κ1) is 21.6. The molecule has 6 nitrogen and oxygen atoms in total. The van der Waals surface area contributed by atoms with Gasteiger partial charge in [-0.2, -0.15) is 0 Å². The number of benzene rings is 2. The van der Waals surface area contributed by atoms with Crippen LogP contribution in [0.4, 0.5) is 0 Å². The highest BCUT2D eigenvalue weighted by molar-refractivity contribution is 7.89. The van der Waals surface area contributed by atoms with E-state index in [9.17, 15) is 13.2 Å². The van der Waals surface area contributed by atoms with Gasteiger partial charge < -0.3 is 9.32 Å². The molecule has 4 rings (SSSR count). The predicted octanol–water partition coefficient (Wildman–Crippen LogP) is 4.56. The molecule has 2 aromatic carbocycles. The van der Waals surface area contributed by atoms with Crippen LogP contribution in [0.2, 0.25) is 5.02 Å². The Labute approximate surface area is 186 Å². The van der Waals surface area contributed by atoms with Crippen molar-refractivity contribution in [3.63, 3.8) is 0 Å². The highest BCUT2D eigenvalue weighted by Gasteiger charge is 2.28. The number of halogens is 1. The highest BCUT2D eigenvalue weighted by Crippen LogP contribution is 2.32. The lowest BCUT2D eigenvalue weighted by Crippen LogP contribution is -2.31. The molecule has 162 valence electrons. The second kappa shape index (κ2) is 8.86. The Morgan fingerprint density at radius 2 is 2.00 bits per heavy atom. The van der Waals surface area contributed by atoms with Gasteiger partial charge in [0, 0.05) is 18.7 Å². The Morgan fingerprint density at radius 3 is 2.77 bits per heavy atom. The van der Waals surface area contributed by atoms with E-state index < -0.39 is 10.0 Å². The zero-order valence-electron chi connectivity index (χ0n) is 17.0. The third-order valence-corrected chi connectivity index (χ3v) is 7.41. The first-order valence-electron chi connectivity index (χ1n) is 10.0. The van der Waals surface area contributed by atoms with E-state index in [1.165, 1.54) is 29.4 Å². The summed E-state index contributed by atoms with van der Waals surface area (Å²) in [5.74, 6) is 0.308. The Balaban J connectivity index is 1.58. The number of carbonyl (C=O) groups is 1. The fourth-order valence-electron chi connectivity index (χ4n) is 3.90. The van der Waals surface area contributed by atoms with E-state index in [-0.39, 0.29) is 34.0 Å². The highest BCUT2D eigenvalue weighted by atomic mass is 35.5. The summed E-state index contributed by atoms with van der Waals surface area (Å²) in [5.41, 5.74) is 2.37. The lowest BCUT2D eigenvalue weighted by molar-refractivity contribution is 0.0775. The van der Waals surface area contributed by atoms with Crippen molar-refractivity contribution in [1.29, 1.82) is 0 Å². The molecular weight excluding hydrogens is 436 g/mol. The molecule has 0 saturated heterocycles. The second-order valence-electron chi connectivity index (χ2n) is 7.65. The molecule has 0 radical (unpaired) electrons. The van der Waals surface area contributed by atoms with Crippen LogP contribution in [0.15, 0.2) is 70.2 Å². The number of fused-ring (bicyclic) bond motifs is 1. The maximum Gasteiger partial charge on any atom is 0.254 e. The summed E-state index contributed by atoms with van der Waals surface area (Å²) in [6, 6.07) is 15.3. The first-order valence-corrected chi connectivity index (χ1v) is 11.9.